The predicted molar refractivity (Wildman–Crippen MR) is 131 cm³/mol. The molecule has 4 N–H and O–H groups in total. The molecule has 1 aromatic carbocycles. The second-order valence-corrected chi connectivity index (χ2v) is 10.3. The Morgan fingerprint density at radius 3 is 2.53 bits per heavy atom. The molecule has 3 aliphatic heterocycles. The normalized spacial score (nSPS) is 24.0. The lowest BCUT2D eigenvalue weighted by Crippen LogP contribution is -2.55. The Labute approximate surface area is 217 Å². The van der Waals surface area contributed by atoms with Crippen molar-refractivity contribution in [3.05, 3.63) is 57.5 Å². The molecule has 4 heterocycles. The zero-order valence-corrected chi connectivity index (χ0v) is 20.8. The molecule has 1 aromatic heterocycles. The van der Waals surface area contributed by atoms with E-state index in [-0.39, 0.29) is 31.4 Å². The number of aliphatic hydroxyl groups is 1. The van der Waals surface area contributed by atoms with E-state index in [0.29, 0.717) is 50.6 Å². The number of hydrogen-bond acceptors (Lipinski definition) is 7. The minimum absolute atomic E-state index is 0.0129. The topological polar surface area (TPSA) is 154 Å². The van der Waals surface area contributed by atoms with Crippen molar-refractivity contribution >= 4 is 17.7 Å². The van der Waals surface area contributed by atoms with Gasteiger partial charge < -0.3 is 25.7 Å². The average molecular weight is 528 g/mol. The number of rotatable bonds is 5. The van der Waals surface area contributed by atoms with Gasteiger partial charge in [-0.3, -0.25) is 23.7 Å². The number of carbonyl (C=O) groups excluding carboxylic acids is 3. The number of halogens is 1. The van der Waals surface area contributed by atoms with Gasteiger partial charge in [0.2, 0.25) is 5.75 Å². The number of amides is 3. The van der Waals surface area contributed by atoms with E-state index < -0.39 is 52.1 Å². The summed E-state index contributed by atoms with van der Waals surface area (Å²) in [7, 11) is 0. The Hall–Kier alpha value is -3.80. The zero-order valence-electron chi connectivity index (χ0n) is 20.8. The zero-order chi connectivity index (χ0) is 27.0. The van der Waals surface area contributed by atoms with Crippen molar-refractivity contribution in [2.45, 2.75) is 63.2 Å². The molecule has 202 valence electrons. The number of fused-ring (bicyclic) bond motifs is 2. The molecular weight excluding hydrogens is 497 g/mol. The number of aromatic nitrogens is 2. The van der Waals surface area contributed by atoms with Gasteiger partial charge in [0, 0.05) is 19.6 Å². The van der Waals surface area contributed by atoms with Gasteiger partial charge in [-0.15, -0.1) is 0 Å². The first kappa shape index (κ1) is 25.8. The van der Waals surface area contributed by atoms with Crippen molar-refractivity contribution in [1.29, 1.82) is 0 Å². The molecule has 38 heavy (non-hydrogen) atoms. The Bertz CT molecular complexity index is 1320. The third kappa shape index (κ3) is 4.64. The van der Waals surface area contributed by atoms with Crippen molar-refractivity contribution in [3.63, 3.8) is 0 Å². The van der Waals surface area contributed by atoms with E-state index in [9.17, 15) is 33.8 Å². The van der Waals surface area contributed by atoms with Gasteiger partial charge in [0.15, 0.2) is 5.69 Å². The van der Waals surface area contributed by atoms with Gasteiger partial charge in [-0.05, 0) is 62.1 Å². The van der Waals surface area contributed by atoms with Gasteiger partial charge in [0.05, 0.1) is 18.2 Å². The van der Waals surface area contributed by atoms with Crippen LogP contribution >= 0.6 is 0 Å². The minimum Gasteiger partial charge on any atom is -0.501 e. The van der Waals surface area contributed by atoms with Crippen LogP contribution in [0.15, 0.2) is 29.1 Å². The van der Waals surface area contributed by atoms with Crippen LogP contribution in [0.1, 0.15) is 60.4 Å². The number of carbonyl (C=O) groups is 3. The molecule has 1 saturated heterocycles. The highest BCUT2D eigenvalue weighted by atomic mass is 19.1. The number of benzene rings is 1. The molecule has 6 rings (SSSR count). The number of nitrogens with zero attached hydrogens (tertiary/aromatic N) is 3. The summed E-state index contributed by atoms with van der Waals surface area (Å²) in [4.78, 5) is 58.1. The van der Waals surface area contributed by atoms with Crippen LogP contribution in [-0.2, 0) is 28.2 Å². The van der Waals surface area contributed by atoms with Crippen LogP contribution in [0, 0.1) is 11.7 Å². The Balaban J connectivity index is 1.45. The van der Waals surface area contributed by atoms with E-state index in [1.54, 1.807) is 0 Å². The van der Waals surface area contributed by atoms with Crippen LogP contribution in [0.4, 0.5) is 4.39 Å². The van der Waals surface area contributed by atoms with Gasteiger partial charge in [0.1, 0.15) is 11.6 Å². The number of likely N-dealkylation sites (tertiary alicyclic amines) is 1. The van der Waals surface area contributed by atoms with Gasteiger partial charge in [-0.2, -0.15) is 0 Å². The van der Waals surface area contributed by atoms with E-state index in [2.05, 4.69) is 15.6 Å². The predicted octanol–water partition coefficient (Wildman–Crippen LogP) is 0.517. The lowest BCUT2D eigenvalue weighted by Gasteiger charge is -2.37. The van der Waals surface area contributed by atoms with Crippen molar-refractivity contribution in [2.24, 2.45) is 5.92 Å². The molecule has 3 amide bonds. The maximum absolute atomic E-state index is 13.2. The molecule has 0 unspecified atom stereocenters. The summed E-state index contributed by atoms with van der Waals surface area (Å²) in [6.07, 6.45) is 3.44. The lowest BCUT2D eigenvalue weighted by atomic mass is 9.77. The molecule has 1 saturated carbocycles. The standard InChI is InChI=1S/C26H30FN5O6/c27-17-5-3-15(4-6-17)12-28-21(35)19-20(34)23(37)32-13-16-7-9-26(10-8-16,25(32)29-19)30-22(36)24(38)31-11-1-2-18(31)14-33/h3-6,16,18,33-34H,1-2,7-14H2,(H,28,35)(H,30,36)/t16?,18-,26?/m0/s1. The minimum atomic E-state index is -1.17. The first-order chi connectivity index (χ1) is 18.2. The van der Waals surface area contributed by atoms with Gasteiger partial charge >= 0.3 is 11.8 Å². The first-order valence-corrected chi connectivity index (χ1v) is 12.8. The Morgan fingerprint density at radius 1 is 1.13 bits per heavy atom. The van der Waals surface area contributed by atoms with E-state index >= 15 is 0 Å². The van der Waals surface area contributed by atoms with Gasteiger partial charge in [-0.1, -0.05) is 12.1 Å². The molecule has 2 bridgehead atoms. The highest BCUT2D eigenvalue weighted by Crippen LogP contribution is 2.43. The quantitative estimate of drug-likeness (QED) is 0.413. The summed E-state index contributed by atoms with van der Waals surface area (Å²) in [5.41, 5.74) is -1.84. The first-order valence-electron chi connectivity index (χ1n) is 12.8. The fourth-order valence-electron chi connectivity index (χ4n) is 5.82. The number of nitrogens with one attached hydrogen (secondary N) is 2. The van der Waals surface area contributed by atoms with Crippen LogP contribution < -0.4 is 16.2 Å². The van der Waals surface area contributed by atoms with Gasteiger partial charge in [0.25, 0.3) is 11.5 Å². The van der Waals surface area contributed by atoms with Crippen LogP contribution in [0.25, 0.3) is 0 Å². The molecule has 2 fully saturated rings. The van der Waals surface area contributed by atoms with Crippen molar-refractivity contribution in [3.8, 4) is 5.75 Å². The van der Waals surface area contributed by atoms with E-state index in [1.807, 2.05) is 0 Å². The highest BCUT2D eigenvalue weighted by Gasteiger charge is 2.47. The summed E-state index contributed by atoms with van der Waals surface area (Å²) < 4.78 is 14.5. The van der Waals surface area contributed by atoms with Crippen molar-refractivity contribution < 1.29 is 29.0 Å². The smallest absolute Gasteiger partial charge is 0.312 e. The molecule has 11 nitrogen and oxygen atoms in total. The van der Waals surface area contributed by atoms with E-state index in [4.69, 9.17) is 0 Å². The Kier molecular flexibility index (Phi) is 6.91. The van der Waals surface area contributed by atoms with Crippen LogP contribution in [0.5, 0.6) is 5.75 Å². The fraction of sp³-hybridized carbons (Fsp3) is 0.500. The molecule has 4 aliphatic rings. The summed E-state index contributed by atoms with van der Waals surface area (Å²) in [6, 6.07) is 5.08. The largest absolute Gasteiger partial charge is 0.501 e. The molecule has 1 atom stereocenters. The molecular formula is C26H30FN5O6. The van der Waals surface area contributed by atoms with Crippen LogP contribution in [0.2, 0.25) is 0 Å². The lowest BCUT2D eigenvalue weighted by molar-refractivity contribution is -0.148. The van der Waals surface area contributed by atoms with Gasteiger partial charge in [-0.25, -0.2) is 9.37 Å². The Morgan fingerprint density at radius 2 is 1.84 bits per heavy atom. The third-order valence-corrected chi connectivity index (χ3v) is 7.95. The number of aromatic hydroxyl groups is 1. The SMILES string of the molecule is O=C(NC12CCC(CC1)Cn1c2nc(C(=O)NCc2ccc(F)cc2)c(O)c1=O)C(=O)N1CCC[C@H]1CO. The summed E-state index contributed by atoms with van der Waals surface area (Å²) in [5, 5.41) is 25.6. The van der Waals surface area contributed by atoms with Crippen LogP contribution in [-0.4, -0.2) is 61.6 Å². The maximum Gasteiger partial charge on any atom is 0.312 e. The molecule has 0 radical (unpaired) electrons. The molecule has 12 heteroatoms. The van der Waals surface area contributed by atoms with Crippen molar-refractivity contribution in [2.75, 3.05) is 13.2 Å². The number of aliphatic hydroxyl groups excluding tert-OH is 1. The summed E-state index contributed by atoms with van der Waals surface area (Å²) >= 11 is 0. The molecule has 2 aromatic rings. The third-order valence-electron chi connectivity index (χ3n) is 7.95. The number of hydrogen-bond donors (Lipinski definition) is 4. The second-order valence-electron chi connectivity index (χ2n) is 10.3. The van der Waals surface area contributed by atoms with E-state index in [0.717, 1.165) is 0 Å². The van der Waals surface area contributed by atoms with Crippen molar-refractivity contribution in [1.82, 2.24) is 25.1 Å². The highest BCUT2D eigenvalue weighted by molar-refractivity contribution is 6.35. The fourth-order valence-corrected chi connectivity index (χ4v) is 5.82. The average Bonchev–Trinajstić information content (AvgIpc) is 3.28. The monoisotopic (exact) mass is 527 g/mol. The second kappa shape index (κ2) is 10.2. The summed E-state index contributed by atoms with van der Waals surface area (Å²) in [5.74, 6) is -3.39. The van der Waals surface area contributed by atoms with Crippen LogP contribution in [0.3, 0.4) is 0 Å². The molecule has 1 aliphatic carbocycles. The molecule has 0 spiro atoms. The van der Waals surface area contributed by atoms with E-state index in [1.165, 1.54) is 33.7 Å². The summed E-state index contributed by atoms with van der Waals surface area (Å²) in [6.45, 7) is 0.420. The maximum atomic E-state index is 13.2.